The predicted octanol–water partition coefficient (Wildman–Crippen LogP) is 2.43. The van der Waals surface area contributed by atoms with E-state index in [1.807, 2.05) is 30.3 Å². The number of nitrogens with two attached hydrogens (primary N) is 1. The molecule has 0 amide bonds. The van der Waals surface area contributed by atoms with Crippen LogP contribution in [0.25, 0.3) is 0 Å². The maximum Gasteiger partial charge on any atom is 0.123 e. The third-order valence-corrected chi connectivity index (χ3v) is 2.45. The average Bonchev–Trinajstić information content (AvgIpc) is 2.37. The Hall–Kier alpha value is -2.00. The van der Waals surface area contributed by atoms with E-state index in [0.717, 1.165) is 11.1 Å². The molecule has 0 unspecified atom stereocenters. The summed E-state index contributed by atoms with van der Waals surface area (Å²) in [5.74, 6) is 0.862. The fourth-order valence-corrected chi connectivity index (χ4v) is 1.59. The van der Waals surface area contributed by atoms with E-state index in [0.29, 0.717) is 18.9 Å². The smallest absolute Gasteiger partial charge is 0.123 e. The highest BCUT2D eigenvalue weighted by Crippen LogP contribution is 2.19. The first-order valence-electron chi connectivity index (χ1n) is 5.47. The highest BCUT2D eigenvalue weighted by molar-refractivity contribution is 5.32. The zero-order valence-corrected chi connectivity index (χ0v) is 9.47. The van der Waals surface area contributed by atoms with Gasteiger partial charge in [-0.05, 0) is 23.3 Å². The van der Waals surface area contributed by atoms with E-state index in [1.54, 1.807) is 18.2 Å². The summed E-state index contributed by atoms with van der Waals surface area (Å²) in [6, 6.07) is 14.7. The van der Waals surface area contributed by atoms with Gasteiger partial charge < -0.3 is 15.6 Å². The molecule has 3 N–H and O–H groups in total. The van der Waals surface area contributed by atoms with Gasteiger partial charge in [-0.25, -0.2) is 0 Å². The van der Waals surface area contributed by atoms with Crippen molar-refractivity contribution in [3.05, 3.63) is 59.7 Å². The summed E-state index contributed by atoms with van der Waals surface area (Å²) in [6.07, 6.45) is 0. The molecule has 0 saturated carbocycles. The number of phenols is 1. The quantitative estimate of drug-likeness (QED) is 0.846. The summed E-state index contributed by atoms with van der Waals surface area (Å²) in [6.45, 7) is 0.997. The first-order chi connectivity index (χ1) is 8.28. The second-order valence-electron chi connectivity index (χ2n) is 3.81. The number of aromatic hydroxyl groups is 1. The van der Waals surface area contributed by atoms with Gasteiger partial charge in [-0.1, -0.05) is 30.3 Å². The molecule has 0 bridgehead atoms. The molecular weight excluding hydrogens is 214 g/mol. The maximum atomic E-state index is 9.30. The molecule has 0 radical (unpaired) electrons. The van der Waals surface area contributed by atoms with Crippen LogP contribution >= 0.6 is 0 Å². The Morgan fingerprint density at radius 2 is 1.76 bits per heavy atom. The molecule has 0 atom stereocenters. The predicted molar refractivity (Wildman–Crippen MR) is 66.8 cm³/mol. The molecule has 3 nitrogen and oxygen atoms in total. The summed E-state index contributed by atoms with van der Waals surface area (Å²) in [5, 5.41) is 9.30. The van der Waals surface area contributed by atoms with Gasteiger partial charge in [0.2, 0.25) is 0 Å². The van der Waals surface area contributed by atoms with Crippen LogP contribution in [0.2, 0.25) is 0 Å². The maximum absolute atomic E-state index is 9.30. The molecule has 2 aromatic carbocycles. The van der Waals surface area contributed by atoms with Crippen LogP contribution in [-0.4, -0.2) is 5.11 Å². The van der Waals surface area contributed by atoms with Crippen molar-refractivity contribution in [1.29, 1.82) is 0 Å². The van der Waals surface area contributed by atoms with Gasteiger partial charge in [0.05, 0.1) is 0 Å². The SMILES string of the molecule is NCc1cccc(COc2cccc(O)c2)c1. The fraction of sp³-hybridized carbons (Fsp3) is 0.143. The summed E-state index contributed by atoms with van der Waals surface area (Å²) < 4.78 is 5.57. The Bertz CT molecular complexity index is 497. The molecular formula is C14H15NO2. The van der Waals surface area contributed by atoms with Gasteiger partial charge in [-0.3, -0.25) is 0 Å². The molecule has 0 spiro atoms. The van der Waals surface area contributed by atoms with Crippen molar-refractivity contribution in [3.8, 4) is 11.5 Å². The lowest BCUT2D eigenvalue weighted by atomic mass is 10.1. The molecule has 0 fully saturated rings. The lowest BCUT2D eigenvalue weighted by molar-refractivity contribution is 0.304. The van der Waals surface area contributed by atoms with Gasteiger partial charge in [-0.15, -0.1) is 0 Å². The number of hydrogen-bond donors (Lipinski definition) is 2. The first-order valence-corrected chi connectivity index (χ1v) is 5.47. The zero-order chi connectivity index (χ0) is 12.1. The van der Waals surface area contributed by atoms with E-state index >= 15 is 0 Å². The molecule has 0 aliphatic carbocycles. The Labute approximate surface area is 100 Å². The van der Waals surface area contributed by atoms with Crippen LogP contribution < -0.4 is 10.5 Å². The van der Waals surface area contributed by atoms with Crippen molar-refractivity contribution in [2.45, 2.75) is 13.2 Å². The minimum absolute atomic E-state index is 0.207. The molecule has 3 heteroatoms. The van der Waals surface area contributed by atoms with Gasteiger partial charge >= 0.3 is 0 Å². The number of benzene rings is 2. The van der Waals surface area contributed by atoms with Crippen molar-refractivity contribution in [2.24, 2.45) is 5.73 Å². The van der Waals surface area contributed by atoms with E-state index in [9.17, 15) is 5.11 Å². The number of phenolic OH excluding ortho intramolecular Hbond substituents is 1. The standard InChI is InChI=1S/C14H15NO2/c15-9-11-3-1-4-12(7-11)10-17-14-6-2-5-13(16)8-14/h1-8,16H,9-10,15H2. The minimum atomic E-state index is 0.207. The molecule has 0 heterocycles. The van der Waals surface area contributed by atoms with Crippen LogP contribution in [0.5, 0.6) is 11.5 Å². The summed E-state index contributed by atoms with van der Waals surface area (Å²) >= 11 is 0. The van der Waals surface area contributed by atoms with Gasteiger partial charge in [0.25, 0.3) is 0 Å². The third-order valence-electron chi connectivity index (χ3n) is 2.45. The van der Waals surface area contributed by atoms with Crippen LogP contribution in [0.1, 0.15) is 11.1 Å². The molecule has 0 aliphatic rings. The van der Waals surface area contributed by atoms with Crippen molar-refractivity contribution in [1.82, 2.24) is 0 Å². The topological polar surface area (TPSA) is 55.5 Å². The Kier molecular flexibility index (Phi) is 3.62. The normalized spacial score (nSPS) is 10.2. The Morgan fingerprint density at radius 1 is 1.00 bits per heavy atom. The van der Waals surface area contributed by atoms with Crippen molar-refractivity contribution in [3.63, 3.8) is 0 Å². The Balaban J connectivity index is 2.02. The van der Waals surface area contributed by atoms with E-state index < -0.39 is 0 Å². The molecule has 0 aromatic heterocycles. The van der Waals surface area contributed by atoms with Gasteiger partial charge in [0.1, 0.15) is 18.1 Å². The highest BCUT2D eigenvalue weighted by Gasteiger charge is 1.98. The van der Waals surface area contributed by atoms with Crippen molar-refractivity contribution < 1.29 is 9.84 Å². The molecule has 2 rings (SSSR count). The molecule has 0 saturated heterocycles. The average molecular weight is 229 g/mol. The second kappa shape index (κ2) is 5.37. The fourth-order valence-electron chi connectivity index (χ4n) is 1.59. The largest absolute Gasteiger partial charge is 0.508 e. The molecule has 0 aliphatic heterocycles. The van der Waals surface area contributed by atoms with Gasteiger partial charge in [-0.2, -0.15) is 0 Å². The number of hydrogen-bond acceptors (Lipinski definition) is 3. The third kappa shape index (κ3) is 3.23. The Morgan fingerprint density at radius 3 is 2.53 bits per heavy atom. The molecule has 88 valence electrons. The second-order valence-corrected chi connectivity index (χ2v) is 3.81. The summed E-state index contributed by atoms with van der Waals surface area (Å²) in [5.41, 5.74) is 7.72. The number of rotatable bonds is 4. The van der Waals surface area contributed by atoms with Gasteiger partial charge in [0.15, 0.2) is 0 Å². The lowest BCUT2D eigenvalue weighted by Gasteiger charge is -2.07. The monoisotopic (exact) mass is 229 g/mol. The first kappa shape index (κ1) is 11.5. The van der Waals surface area contributed by atoms with Crippen molar-refractivity contribution in [2.75, 3.05) is 0 Å². The van der Waals surface area contributed by atoms with Gasteiger partial charge in [0, 0.05) is 12.6 Å². The summed E-state index contributed by atoms with van der Waals surface area (Å²) in [7, 11) is 0. The van der Waals surface area contributed by atoms with E-state index in [-0.39, 0.29) is 5.75 Å². The lowest BCUT2D eigenvalue weighted by Crippen LogP contribution is -1.99. The summed E-state index contributed by atoms with van der Waals surface area (Å²) in [4.78, 5) is 0. The number of ether oxygens (including phenoxy) is 1. The van der Waals surface area contributed by atoms with E-state index in [1.165, 1.54) is 0 Å². The molecule has 2 aromatic rings. The zero-order valence-electron chi connectivity index (χ0n) is 9.47. The van der Waals surface area contributed by atoms with Crippen LogP contribution in [-0.2, 0) is 13.2 Å². The highest BCUT2D eigenvalue weighted by atomic mass is 16.5. The van der Waals surface area contributed by atoms with Crippen LogP contribution in [0.15, 0.2) is 48.5 Å². The van der Waals surface area contributed by atoms with Crippen molar-refractivity contribution >= 4 is 0 Å². The van der Waals surface area contributed by atoms with Crippen LogP contribution in [0.4, 0.5) is 0 Å². The molecule has 17 heavy (non-hydrogen) atoms. The van der Waals surface area contributed by atoms with E-state index in [2.05, 4.69) is 0 Å². The van der Waals surface area contributed by atoms with Crippen LogP contribution in [0.3, 0.4) is 0 Å². The van der Waals surface area contributed by atoms with Crippen LogP contribution in [0, 0.1) is 0 Å². The minimum Gasteiger partial charge on any atom is -0.508 e. The van der Waals surface area contributed by atoms with E-state index in [4.69, 9.17) is 10.5 Å².